The fourth-order valence-corrected chi connectivity index (χ4v) is 2.27. The SMILES string of the molecule is CC(NC(=NCC(=O)N(C)C)NCCc1ccco1)c1ccc(F)c(F)c1. The Labute approximate surface area is 157 Å². The lowest BCUT2D eigenvalue weighted by atomic mass is 10.1. The summed E-state index contributed by atoms with van der Waals surface area (Å²) < 4.78 is 31.9. The Balaban J connectivity index is 2.03. The lowest BCUT2D eigenvalue weighted by Crippen LogP contribution is -2.40. The lowest BCUT2D eigenvalue weighted by molar-refractivity contribution is -0.127. The van der Waals surface area contributed by atoms with E-state index in [0.29, 0.717) is 24.5 Å². The van der Waals surface area contributed by atoms with Gasteiger partial charge in [-0.15, -0.1) is 0 Å². The van der Waals surface area contributed by atoms with E-state index in [1.54, 1.807) is 27.3 Å². The molecule has 0 radical (unpaired) electrons. The Hall–Kier alpha value is -2.90. The van der Waals surface area contributed by atoms with E-state index in [4.69, 9.17) is 4.42 Å². The molecule has 1 atom stereocenters. The summed E-state index contributed by atoms with van der Waals surface area (Å²) in [6.45, 7) is 2.29. The maximum Gasteiger partial charge on any atom is 0.243 e. The minimum atomic E-state index is -0.909. The number of furan rings is 1. The predicted molar refractivity (Wildman–Crippen MR) is 99.3 cm³/mol. The summed E-state index contributed by atoms with van der Waals surface area (Å²) in [7, 11) is 3.30. The zero-order chi connectivity index (χ0) is 19.8. The molecule has 6 nitrogen and oxygen atoms in total. The molecule has 0 aliphatic rings. The average molecular weight is 378 g/mol. The first-order valence-electron chi connectivity index (χ1n) is 8.59. The predicted octanol–water partition coefficient (Wildman–Crippen LogP) is 2.48. The second-order valence-electron chi connectivity index (χ2n) is 6.25. The molecule has 0 aliphatic carbocycles. The van der Waals surface area contributed by atoms with Crippen LogP contribution in [0.4, 0.5) is 8.78 Å². The van der Waals surface area contributed by atoms with Crippen molar-refractivity contribution in [2.45, 2.75) is 19.4 Å². The van der Waals surface area contributed by atoms with Crippen molar-refractivity contribution < 1.29 is 18.0 Å². The number of halogens is 2. The number of amides is 1. The van der Waals surface area contributed by atoms with Gasteiger partial charge in [0.25, 0.3) is 0 Å². The van der Waals surface area contributed by atoms with Crippen molar-refractivity contribution in [2.75, 3.05) is 27.2 Å². The first kappa shape index (κ1) is 20.4. The summed E-state index contributed by atoms with van der Waals surface area (Å²) in [6, 6.07) is 7.05. The van der Waals surface area contributed by atoms with Gasteiger partial charge in [-0.1, -0.05) is 6.07 Å². The zero-order valence-corrected chi connectivity index (χ0v) is 15.6. The highest BCUT2D eigenvalue weighted by atomic mass is 19.2. The molecule has 1 aromatic heterocycles. The Morgan fingerprint density at radius 2 is 2.04 bits per heavy atom. The molecule has 146 valence electrons. The maximum absolute atomic E-state index is 13.5. The highest BCUT2D eigenvalue weighted by Gasteiger charge is 2.12. The molecule has 1 heterocycles. The maximum atomic E-state index is 13.5. The van der Waals surface area contributed by atoms with Crippen LogP contribution in [0.5, 0.6) is 0 Å². The molecule has 0 saturated heterocycles. The molecule has 8 heteroatoms. The molecular weight excluding hydrogens is 354 g/mol. The van der Waals surface area contributed by atoms with Crippen molar-refractivity contribution in [2.24, 2.45) is 4.99 Å². The van der Waals surface area contributed by atoms with Crippen LogP contribution in [0.1, 0.15) is 24.3 Å². The summed E-state index contributed by atoms with van der Waals surface area (Å²) in [5, 5.41) is 6.22. The van der Waals surface area contributed by atoms with Crippen molar-refractivity contribution in [3.63, 3.8) is 0 Å². The Bertz CT molecular complexity index is 776. The van der Waals surface area contributed by atoms with E-state index in [2.05, 4.69) is 15.6 Å². The second kappa shape index (κ2) is 9.70. The van der Waals surface area contributed by atoms with Gasteiger partial charge < -0.3 is 20.0 Å². The average Bonchev–Trinajstić information content (AvgIpc) is 3.14. The Kier molecular flexibility index (Phi) is 7.34. The normalized spacial score (nSPS) is 12.6. The molecule has 1 amide bonds. The Morgan fingerprint density at radius 3 is 2.67 bits per heavy atom. The van der Waals surface area contributed by atoms with Crippen molar-refractivity contribution in [3.05, 3.63) is 59.6 Å². The molecule has 1 aromatic carbocycles. The summed E-state index contributed by atoms with van der Waals surface area (Å²) >= 11 is 0. The number of carbonyl (C=O) groups excluding carboxylic acids is 1. The van der Waals surface area contributed by atoms with Gasteiger partial charge in [0, 0.05) is 27.1 Å². The number of likely N-dealkylation sites (N-methyl/N-ethyl adjacent to an activating group) is 1. The van der Waals surface area contributed by atoms with E-state index >= 15 is 0 Å². The standard InChI is InChI=1S/C19H24F2N4O2/c1-13(14-6-7-16(20)17(21)11-14)24-19(23-12-18(26)25(2)3)22-9-8-15-5-4-10-27-15/h4-7,10-11,13H,8-9,12H2,1-3H3,(H2,22,23,24). The number of nitrogens with one attached hydrogen (secondary N) is 2. The summed E-state index contributed by atoms with van der Waals surface area (Å²) in [5.41, 5.74) is 0.563. The quantitative estimate of drug-likeness (QED) is 0.574. The van der Waals surface area contributed by atoms with Crippen LogP contribution >= 0.6 is 0 Å². The smallest absolute Gasteiger partial charge is 0.243 e. The highest BCUT2D eigenvalue weighted by Crippen LogP contribution is 2.15. The van der Waals surface area contributed by atoms with Crippen LogP contribution in [0.2, 0.25) is 0 Å². The van der Waals surface area contributed by atoms with Gasteiger partial charge in [-0.2, -0.15) is 0 Å². The number of guanidine groups is 1. The van der Waals surface area contributed by atoms with Gasteiger partial charge in [-0.3, -0.25) is 4.79 Å². The number of nitrogens with zero attached hydrogens (tertiary/aromatic N) is 2. The molecule has 0 spiro atoms. The Morgan fingerprint density at radius 1 is 1.26 bits per heavy atom. The second-order valence-corrected chi connectivity index (χ2v) is 6.25. The number of rotatable bonds is 7. The van der Waals surface area contributed by atoms with E-state index in [0.717, 1.165) is 17.9 Å². The zero-order valence-electron chi connectivity index (χ0n) is 15.6. The number of hydrogen-bond donors (Lipinski definition) is 2. The van der Waals surface area contributed by atoms with Crippen LogP contribution in [0.3, 0.4) is 0 Å². The number of carbonyl (C=O) groups is 1. The first-order chi connectivity index (χ1) is 12.9. The van der Waals surface area contributed by atoms with Crippen LogP contribution < -0.4 is 10.6 Å². The first-order valence-corrected chi connectivity index (χ1v) is 8.59. The molecule has 0 aliphatic heterocycles. The lowest BCUT2D eigenvalue weighted by Gasteiger charge is -2.19. The van der Waals surface area contributed by atoms with Crippen molar-refractivity contribution in [1.82, 2.24) is 15.5 Å². The minimum absolute atomic E-state index is 0.0341. The van der Waals surface area contributed by atoms with E-state index in [-0.39, 0.29) is 18.5 Å². The van der Waals surface area contributed by atoms with Gasteiger partial charge in [0.05, 0.1) is 12.3 Å². The van der Waals surface area contributed by atoms with Gasteiger partial charge in [-0.05, 0) is 36.8 Å². The third kappa shape index (κ3) is 6.40. The molecule has 2 N–H and O–H groups in total. The van der Waals surface area contributed by atoms with Crippen LogP contribution in [-0.4, -0.2) is 44.0 Å². The third-order valence-electron chi connectivity index (χ3n) is 3.91. The van der Waals surface area contributed by atoms with Gasteiger partial charge in [0.15, 0.2) is 17.6 Å². The molecule has 27 heavy (non-hydrogen) atoms. The van der Waals surface area contributed by atoms with E-state index in [1.807, 2.05) is 12.1 Å². The molecule has 2 rings (SSSR count). The van der Waals surface area contributed by atoms with Gasteiger partial charge in [0.1, 0.15) is 12.3 Å². The topological polar surface area (TPSA) is 69.9 Å². The highest BCUT2D eigenvalue weighted by molar-refractivity contribution is 5.85. The summed E-state index contributed by atoms with van der Waals surface area (Å²) in [4.78, 5) is 17.5. The van der Waals surface area contributed by atoms with Crippen LogP contribution in [-0.2, 0) is 11.2 Å². The van der Waals surface area contributed by atoms with Gasteiger partial charge >= 0.3 is 0 Å². The van der Waals surface area contributed by atoms with Crippen molar-refractivity contribution in [3.8, 4) is 0 Å². The molecular formula is C19H24F2N4O2. The van der Waals surface area contributed by atoms with E-state index in [1.165, 1.54) is 11.0 Å². The van der Waals surface area contributed by atoms with Crippen molar-refractivity contribution >= 4 is 11.9 Å². The van der Waals surface area contributed by atoms with Crippen LogP contribution in [0, 0.1) is 11.6 Å². The van der Waals surface area contributed by atoms with E-state index in [9.17, 15) is 13.6 Å². The fraction of sp³-hybridized carbons (Fsp3) is 0.368. The molecule has 0 bridgehead atoms. The molecule has 0 saturated carbocycles. The third-order valence-corrected chi connectivity index (χ3v) is 3.91. The largest absolute Gasteiger partial charge is 0.469 e. The number of benzene rings is 1. The van der Waals surface area contributed by atoms with Crippen LogP contribution in [0.15, 0.2) is 46.0 Å². The summed E-state index contributed by atoms with van der Waals surface area (Å²) in [5.74, 6) is -0.738. The molecule has 2 aromatic rings. The van der Waals surface area contributed by atoms with Gasteiger partial charge in [-0.25, -0.2) is 13.8 Å². The number of aliphatic imine (C=N–C) groups is 1. The fourth-order valence-electron chi connectivity index (χ4n) is 2.27. The number of hydrogen-bond acceptors (Lipinski definition) is 3. The van der Waals surface area contributed by atoms with Crippen molar-refractivity contribution in [1.29, 1.82) is 0 Å². The van der Waals surface area contributed by atoms with Crippen LogP contribution in [0.25, 0.3) is 0 Å². The summed E-state index contributed by atoms with van der Waals surface area (Å²) in [6.07, 6.45) is 2.23. The van der Waals surface area contributed by atoms with Gasteiger partial charge in [0.2, 0.25) is 5.91 Å². The molecule has 1 unspecified atom stereocenters. The minimum Gasteiger partial charge on any atom is -0.469 e. The monoisotopic (exact) mass is 378 g/mol. The molecule has 0 fully saturated rings. The van der Waals surface area contributed by atoms with E-state index < -0.39 is 11.6 Å².